The number of nitrogens with one attached hydrogen (secondary N) is 1. The van der Waals surface area contributed by atoms with E-state index in [1.54, 1.807) is 12.3 Å². The predicted octanol–water partition coefficient (Wildman–Crippen LogP) is 1.09. The van der Waals surface area contributed by atoms with Gasteiger partial charge in [0.1, 0.15) is 5.82 Å². The summed E-state index contributed by atoms with van der Waals surface area (Å²) in [7, 11) is -2.90. The second-order valence-corrected chi connectivity index (χ2v) is 6.98. The monoisotopic (exact) mass is 296 g/mol. The lowest BCUT2D eigenvalue weighted by molar-refractivity contribution is 0.599. The molecule has 6 nitrogen and oxygen atoms in total. The Bertz CT molecular complexity index is 573. The predicted molar refractivity (Wildman–Crippen MR) is 80.8 cm³/mol. The average molecular weight is 296 g/mol. The second kappa shape index (κ2) is 6.21. The third-order valence-corrected chi connectivity index (χ3v) is 5.08. The Balaban J connectivity index is 2.17. The summed E-state index contributed by atoms with van der Waals surface area (Å²) in [5.74, 6) is 1.76. The van der Waals surface area contributed by atoms with Crippen LogP contribution in [-0.4, -0.2) is 49.0 Å². The molecule has 1 aliphatic heterocycles. The van der Waals surface area contributed by atoms with Gasteiger partial charge in [0.2, 0.25) is 5.95 Å². The number of anilines is 2. The number of hydrogen-bond donors (Lipinski definition) is 1. The Labute approximate surface area is 119 Å². The van der Waals surface area contributed by atoms with Gasteiger partial charge in [0.25, 0.3) is 0 Å². The Kier molecular flexibility index (Phi) is 4.59. The van der Waals surface area contributed by atoms with Crippen LogP contribution in [0, 0.1) is 0 Å². The summed E-state index contributed by atoms with van der Waals surface area (Å²) in [5.41, 5.74) is 0. The van der Waals surface area contributed by atoms with Crippen LogP contribution >= 0.6 is 0 Å². The summed E-state index contributed by atoms with van der Waals surface area (Å²) in [4.78, 5) is 10.6. The van der Waals surface area contributed by atoms with E-state index in [-0.39, 0.29) is 17.5 Å². The number of rotatable bonds is 6. The zero-order valence-corrected chi connectivity index (χ0v) is 12.4. The van der Waals surface area contributed by atoms with Gasteiger partial charge < -0.3 is 10.2 Å². The van der Waals surface area contributed by atoms with E-state index in [9.17, 15) is 8.42 Å². The number of hydrogen-bond acceptors (Lipinski definition) is 6. The molecule has 110 valence electrons. The smallest absolute Gasteiger partial charge is 0.224 e. The van der Waals surface area contributed by atoms with Crippen LogP contribution in [0.5, 0.6) is 0 Å². The first-order valence-electron chi connectivity index (χ1n) is 6.70. The van der Waals surface area contributed by atoms with Crippen LogP contribution in [0.25, 0.3) is 0 Å². The standard InChI is InChI=1S/C13H20N4O2S/c1-3-7-14-13-15-8-5-12(16-13)17(4-2)11-6-9-20(18,19)10-11/h3,5,8,11H,1,4,6-7,9-10H2,2H3,(H,14,15,16). The molecule has 20 heavy (non-hydrogen) atoms. The largest absolute Gasteiger partial charge is 0.353 e. The van der Waals surface area contributed by atoms with Gasteiger partial charge >= 0.3 is 0 Å². The Morgan fingerprint density at radius 1 is 1.60 bits per heavy atom. The molecule has 1 aliphatic rings. The van der Waals surface area contributed by atoms with Crippen LogP contribution in [0.15, 0.2) is 24.9 Å². The van der Waals surface area contributed by atoms with Crippen LogP contribution in [0.1, 0.15) is 13.3 Å². The molecule has 1 saturated heterocycles. The summed E-state index contributed by atoms with van der Waals surface area (Å²) >= 11 is 0. The zero-order chi connectivity index (χ0) is 14.6. The van der Waals surface area contributed by atoms with Crippen LogP contribution in [0.4, 0.5) is 11.8 Å². The van der Waals surface area contributed by atoms with Crippen LogP contribution < -0.4 is 10.2 Å². The van der Waals surface area contributed by atoms with Crippen molar-refractivity contribution >= 4 is 21.6 Å². The van der Waals surface area contributed by atoms with E-state index in [1.807, 2.05) is 17.9 Å². The van der Waals surface area contributed by atoms with Gasteiger partial charge in [-0.25, -0.2) is 13.4 Å². The highest BCUT2D eigenvalue weighted by molar-refractivity contribution is 7.91. The maximum atomic E-state index is 11.6. The molecule has 1 aromatic rings. The summed E-state index contributed by atoms with van der Waals surface area (Å²) in [6.45, 7) is 6.95. The molecule has 1 aromatic heterocycles. The molecular formula is C13H20N4O2S. The van der Waals surface area contributed by atoms with Crippen LogP contribution in [0.2, 0.25) is 0 Å². The van der Waals surface area contributed by atoms with Crippen molar-refractivity contribution in [3.8, 4) is 0 Å². The van der Waals surface area contributed by atoms with Gasteiger partial charge in [-0.05, 0) is 19.4 Å². The first kappa shape index (κ1) is 14.8. The molecular weight excluding hydrogens is 276 g/mol. The van der Waals surface area contributed by atoms with Crippen molar-refractivity contribution < 1.29 is 8.42 Å². The fourth-order valence-corrected chi connectivity index (χ4v) is 4.12. The topological polar surface area (TPSA) is 75.2 Å². The number of nitrogens with zero attached hydrogens (tertiary/aromatic N) is 3. The molecule has 0 amide bonds. The highest BCUT2D eigenvalue weighted by atomic mass is 32.2. The summed E-state index contributed by atoms with van der Waals surface area (Å²) in [6, 6.07) is 1.82. The SMILES string of the molecule is C=CCNc1nccc(N(CC)C2CCS(=O)(=O)C2)n1. The fourth-order valence-electron chi connectivity index (χ4n) is 2.39. The molecule has 0 radical (unpaired) electrons. The summed E-state index contributed by atoms with van der Waals surface area (Å²) in [5, 5.41) is 3.04. The van der Waals surface area contributed by atoms with Gasteiger partial charge in [-0.3, -0.25) is 0 Å². The van der Waals surface area contributed by atoms with Crippen molar-refractivity contribution in [2.75, 3.05) is 34.8 Å². The Hall–Kier alpha value is -1.63. The van der Waals surface area contributed by atoms with Crippen molar-refractivity contribution in [2.24, 2.45) is 0 Å². The first-order chi connectivity index (χ1) is 9.55. The lowest BCUT2D eigenvalue weighted by Gasteiger charge is -2.28. The maximum Gasteiger partial charge on any atom is 0.224 e. The summed E-state index contributed by atoms with van der Waals surface area (Å²) < 4.78 is 23.2. The van der Waals surface area contributed by atoms with Crippen molar-refractivity contribution in [1.82, 2.24) is 9.97 Å². The van der Waals surface area contributed by atoms with Crippen molar-refractivity contribution in [2.45, 2.75) is 19.4 Å². The molecule has 0 bridgehead atoms. The van der Waals surface area contributed by atoms with E-state index in [1.165, 1.54) is 0 Å². The lowest BCUT2D eigenvalue weighted by Crippen LogP contribution is -2.36. The van der Waals surface area contributed by atoms with Gasteiger partial charge in [0, 0.05) is 25.3 Å². The minimum Gasteiger partial charge on any atom is -0.353 e. The van der Waals surface area contributed by atoms with Crippen molar-refractivity contribution in [3.63, 3.8) is 0 Å². The van der Waals surface area contributed by atoms with E-state index < -0.39 is 9.84 Å². The molecule has 2 heterocycles. The minimum atomic E-state index is -2.90. The van der Waals surface area contributed by atoms with E-state index in [0.29, 0.717) is 18.9 Å². The molecule has 1 atom stereocenters. The van der Waals surface area contributed by atoms with Crippen molar-refractivity contribution in [3.05, 3.63) is 24.9 Å². The second-order valence-electron chi connectivity index (χ2n) is 4.75. The maximum absolute atomic E-state index is 11.6. The highest BCUT2D eigenvalue weighted by Crippen LogP contribution is 2.23. The van der Waals surface area contributed by atoms with Crippen LogP contribution in [0.3, 0.4) is 0 Å². The molecule has 1 fully saturated rings. The van der Waals surface area contributed by atoms with E-state index >= 15 is 0 Å². The summed E-state index contributed by atoms with van der Waals surface area (Å²) in [6.07, 6.45) is 4.08. The highest BCUT2D eigenvalue weighted by Gasteiger charge is 2.32. The Morgan fingerprint density at radius 3 is 3.00 bits per heavy atom. The molecule has 7 heteroatoms. The molecule has 2 rings (SSSR count). The van der Waals surface area contributed by atoms with Crippen molar-refractivity contribution in [1.29, 1.82) is 0 Å². The average Bonchev–Trinajstić information content (AvgIpc) is 2.78. The lowest BCUT2D eigenvalue weighted by atomic mass is 10.2. The third kappa shape index (κ3) is 3.47. The van der Waals surface area contributed by atoms with Gasteiger partial charge in [0.05, 0.1) is 11.5 Å². The fraction of sp³-hybridized carbons (Fsp3) is 0.538. The van der Waals surface area contributed by atoms with E-state index in [2.05, 4.69) is 21.9 Å². The van der Waals surface area contributed by atoms with Gasteiger partial charge in [-0.15, -0.1) is 6.58 Å². The zero-order valence-electron chi connectivity index (χ0n) is 11.6. The first-order valence-corrected chi connectivity index (χ1v) is 8.52. The molecule has 0 spiro atoms. The molecule has 1 N–H and O–H groups in total. The van der Waals surface area contributed by atoms with Gasteiger partial charge in [0.15, 0.2) is 9.84 Å². The number of aromatic nitrogens is 2. The molecule has 0 aromatic carbocycles. The minimum absolute atomic E-state index is 0.00662. The normalized spacial score (nSPS) is 20.6. The molecule has 1 unspecified atom stereocenters. The van der Waals surface area contributed by atoms with Crippen LogP contribution in [-0.2, 0) is 9.84 Å². The van der Waals surface area contributed by atoms with E-state index in [4.69, 9.17) is 0 Å². The third-order valence-electron chi connectivity index (χ3n) is 3.33. The number of sulfone groups is 1. The van der Waals surface area contributed by atoms with Gasteiger partial charge in [-0.2, -0.15) is 4.98 Å². The van der Waals surface area contributed by atoms with Gasteiger partial charge in [-0.1, -0.05) is 6.08 Å². The molecule has 0 saturated carbocycles. The Morgan fingerprint density at radius 2 is 2.40 bits per heavy atom. The molecule has 0 aliphatic carbocycles. The quantitative estimate of drug-likeness (QED) is 0.792. The van der Waals surface area contributed by atoms with E-state index in [0.717, 1.165) is 12.4 Å².